The SMILES string of the molecule is CC[C@H](C)[C@H](NC(=O)COC(=O)c1ccc(C)cc1)C(=O)OC. The van der Waals surface area contributed by atoms with E-state index in [0.717, 1.165) is 5.56 Å². The highest BCUT2D eigenvalue weighted by molar-refractivity contribution is 5.92. The molecular formula is C17H23NO5. The fourth-order valence-electron chi connectivity index (χ4n) is 1.92. The van der Waals surface area contributed by atoms with E-state index in [1.165, 1.54) is 7.11 Å². The average molecular weight is 321 g/mol. The average Bonchev–Trinajstić information content (AvgIpc) is 2.56. The van der Waals surface area contributed by atoms with E-state index in [0.29, 0.717) is 12.0 Å². The number of ether oxygens (including phenoxy) is 2. The first-order chi connectivity index (χ1) is 10.9. The van der Waals surface area contributed by atoms with E-state index in [1.54, 1.807) is 24.3 Å². The molecule has 0 aliphatic carbocycles. The topological polar surface area (TPSA) is 81.7 Å². The van der Waals surface area contributed by atoms with E-state index in [-0.39, 0.29) is 5.92 Å². The van der Waals surface area contributed by atoms with Crippen molar-refractivity contribution in [2.24, 2.45) is 5.92 Å². The number of hydrogen-bond acceptors (Lipinski definition) is 5. The second-order valence-electron chi connectivity index (χ2n) is 5.40. The van der Waals surface area contributed by atoms with Gasteiger partial charge in [0.1, 0.15) is 6.04 Å². The Morgan fingerprint density at radius 2 is 1.78 bits per heavy atom. The number of carbonyl (C=O) groups is 3. The third-order valence-electron chi connectivity index (χ3n) is 3.61. The highest BCUT2D eigenvalue weighted by atomic mass is 16.5. The zero-order chi connectivity index (χ0) is 17.4. The molecule has 0 unspecified atom stereocenters. The van der Waals surface area contributed by atoms with Crippen LogP contribution in [0, 0.1) is 12.8 Å². The Bertz CT molecular complexity index is 553. The Balaban J connectivity index is 2.56. The number of aryl methyl sites for hydroxylation is 1. The third kappa shape index (κ3) is 5.73. The van der Waals surface area contributed by atoms with Crippen LogP contribution < -0.4 is 5.32 Å². The third-order valence-corrected chi connectivity index (χ3v) is 3.61. The molecule has 1 aromatic rings. The van der Waals surface area contributed by atoms with E-state index in [1.807, 2.05) is 20.8 Å². The number of amides is 1. The van der Waals surface area contributed by atoms with Gasteiger partial charge in [0.05, 0.1) is 12.7 Å². The molecule has 0 aliphatic rings. The number of hydrogen-bond donors (Lipinski definition) is 1. The molecule has 1 rings (SSSR count). The normalized spacial score (nSPS) is 12.9. The van der Waals surface area contributed by atoms with Crippen LogP contribution in [0.5, 0.6) is 0 Å². The van der Waals surface area contributed by atoms with E-state index < -0.39 is 30.5 Å². The predicted molar refractivity (Wildman–Crippen MR) is 84.9 cm³/mol. The summed E-state index contributed by atoms with van der Waals surface area (Å²) in [5, 5.41) is 2.54. The van der Waals surface area contributed by atoms with Crippen LogP contribution in [0.3, 0.4) is 0 Å². The zero-order valence-electron chi connectivity index (χ0n) is 13.9. The molecule has 1 N–H and O–H groups in total. The van der Waals surface area contributed by atoms with Crippen molar-refractivity contribution in [1.29, 1.82) is 0 Å². The highest BCUT2D eigenvalue weighted by Gasteiger charge is 2.26. The molecule has 0 saturated carbocycles. The predicted octanol–water partition coefficient (Wildman–Crippen LogP) is 1.86. The Labute approximate surface area is 136 Å². The first-order valence-electron chi connectivity index (χ1n) is 7.50. The van der Waals surface area contributed by atoms with Crippen molar-refractivity contribution < 1.29 is 23.9 Å². The van der Waals surface area contributed by atoms with Gasteiger partial charge in [-0.1, -0.05) is 38.0 Å². The molecule has 6 nitrogen and oxygen atoms in total. The summed E-state index contributed by atoms with van der Waals surface area (Å²) >= 11 is 0. The number of rotatable bonds is 7. The summed E-state index contributed by atoms with van der Waals surface area (Å²) in [5.74, 6) is -1.73. The minimum atomic E-state index is -0.754. The maximum absolute atomic E-state index is 11.9. The number of carbonyl (C=O) groups excluding carboxylic acids is 3. The Kier molecular flexibility index (Phi) is 7.25. The summed E-state index contributed by atoms with van der Waals surface area (Å²) in [4.78, 5) is 35.4. The summed E-state index contributed by atoms with van der Waals surface area (Å²) < 4.78 is 9.64. The number of nitrogens with one attached hydrogen (secondary N) is 1. The molecule has 2 atom stereocenters. The largest absolute Gasteiger partial charge is 0.467 e. The lowest BCUT2D eigenvalue weighted by molar-refractivity contribution is -0.147. The Morgan fingerprint density at radius 3 is 2.30 bits per heavy atom. The summed E-state index contributed by atoms with van der Waals surface area (Å²) in [6.45, 7) is 5.20. The molecule has 0 aliphatic heterocycles. The van der Waals surface area contributed by atoms with E-state index in [9.17, 15) is 14.4 Å². The fraction of sp³-hybridized carbons (Fsp3) is 0.471. The second-order valence-corrected chi connectivity index (χ2v) is 5.40. The Hall–Kier alpha value is -2.37. The van der Waals surface area contributed by atoms with Crippen molar-refractivity contribution in [2.45, 2.75) is 33.2 Å². The number of benzene rings is 1. The van der Waals surface area contributed by atoms with Gasteiger partial charge in [0.15, 0.2) is 6.61 Å². The monoisotopic (exact) mass is 321 g/mol. The van der Waals surface area contributed by atoms with Crippen molar-refractivity contribution in [1.82, 2.24) is 5.32 Å². The number of esters is 2. The van der Waals surface area contributed by atoms with E-state index in [4.69, 9.17) is 4.74 Å². The molecule has 0 fully saturated rings. The van der Waals surface area contributed by atoms with Gasteiger partial charge in [-0.15, -0.1) is 0 Å². The molecule has 0 spiro atoms. The minimum Gasteiger partial charge on any atom is -0.467 e. The first-order valence-corrected chi connectivity index (χ1v) is 7.50. The molecular weight excluding hydrogens is 298 g/mol. The summed E-state index contributed by atoms with van der Waals surface area (Å²) in [6.07, 6.45) is 0.698. The van der Waals surface area contributed by atoms with Gasteiger partial charge in [-0.05, 0) is 25.0 Å². The molecule has 0 heterocycles. The fourth-order valence-corrected chi connectivity index (χ4v) is 1.92. The van der Waals surface area contributed by atoms with Crippen LogP contribution in [-0.4, -0.2) is 37.6 Å². The first kappa shape index (κ1) is 18.7. The van der Waals surface area contributed by atoms with Crippen LogP contribution in [0.15, 0.2) is 24.3 Å². The minimum absolute atomic E-state index is 0.0841. The van der Waals surface area contributed by atoms with Crippen LogP contribution in [0.4, 0.5) is 0 Å². The van der Waals surface area contributed by atoms with Gasteiger partial charge < -0.3 is 14.8 Å². The Morgan fingerprint density at radius 1 is 1.17 bits per heavy atom. The van der Waals surface area contributed by atoms with Gasteiger partial charge in [0.2, 0.25) is 0 Å². The van der Waals surface area contributed by atoms with Crippen molar-refractivity contribution in [2.75, 3.05) is 13.7 Å². The van der Waals surface area contributed by atoms with Crippen LogP contribution >= 0.6 is 0 Å². The van der Waals surface area contributed by atoms with Gasteiger partial charge in [0, 0.05) is 0 Å². The molecule has 0 aromatic heterocycles. The van der Waals surface area contributed by atoms with Crippen molar-refractivity contribution in [3.63, 3.8) is 0 Å². The summed E-state index contributed by atoms with van der Waals surface area (Å²) in [6, 6.07) is 6.08. The summed E-state index contributed by atoms with van der Waals surface area (Å²) in [5.41, 5.74) is 1.39. The zero-order valence-corrected chi connectivity index (χ0v) is 13.9. The van der Waals surface area contributed by atoms with Gasteiger partial charge in [-0.3, -0.25) is 4.79 Å². The molecule has 1 aromatic carbocycles. The van der Waals surface area contributed by atoms with Gasteiger partial charge in [-0.2, -0.15) is 0 Å². The molecule has 1 amide bonds. The maximum Gasteiger partial charge on any atom is 0.338 e. The molecule has 0 saturated heterocycles. The lowest BCUT2D eigenvalue weighted by Crippen LogP contribution is -2.47. The second kappa shape index (κ2) is 8.92. The number of methoxy groups -OCH3 is 1. The van der Waals surface area contributed by atoms with Gasteiger partial charge in [0.25, 0.3) is 5.91 Å². The maximum atomic E-state index is 11.9. The highest BCUT2D eigenvalue weighted by Crippen LogP contribution is 2.09. The van der Waals surface area contributed by atoms with E-state index in [2.05, 4.69) is 10.1 Å². The molecule has 126 valence electrons. The quantitative estimate of drug-likeness (QED) is 0.775. The lowest BCUT2D eigenvalue weighted by Gasteiger charge is -2.21. The van der Waals surface area contributed by atoms with Gasteiger partial charge in [-0.25, -0.2) is 9.59 Å². The molecule has 23 heavy (non-hydrogen) atoms. The van der Waals surface area contributed by atoms with Crippen molar-refractivity contribution >= 4 is 17.8 Å². The molecule has 6 heteroatoms. The van der Waals surface area contributed by atoms with Crippen LogP contribution in [0.2, 0.25) is 0 Å². The van der Waals surface area contributed by atoms with Crippen molar-refractivity contribution in [3.8, 4) is 0 Å². The van der Waals surface area contributed by atoms with Crippen LogP contribution in [-0.2, 0) is 19.1 Å². The molecule has 0 bridgehead atoms. The van der Waals surface area contributed by atoms with E-state index >= 15 is 0 Å². The van der Waals surface area contributed by atoms with Crippen LogP contribution in [0.25, 0.3) is 0 Å². The standard InChI is InChI=1S/C17H23NO5/c1-5-12(3)15(17(21)22-4)18-14(19)10-23-16(20)13-8-6-11(2)7-9-13/h6-9,12,15H,5,10H2,1-4H3,(H,18,19)/t12-,15-/m0/s1. The van der Waals surface area contributed by atoms with Crippen molar-refractivity contribution in [3.05, 3.63) is 35.4 Å². The van der Waals surface area contributed by atoms with Crippen LogP contribution in [0.1, 0.15) is 36.2 Å². The summed E-state index contributed by atoms with van der Waals surface area (Å²) in [7, 11) is 1.27. The van der Waals surface area contributed by atoms with Gasteiger partial charge >= 0.3 is 11.9 Å². The smallest absolute Gasteiger partial charge is 0.338 e. The lowest BCUT2D eigenvalue weighted by atomic mass is 9.99. The molecule has 0 radical (unpaired) electrons.